The van der Waals surface area contributed by atoms with Gasteiger partial charge in [-0.2, -0.15) is 0 Å². The molecule has 1 unspecified atom stereocenters. The van der Waals surface area contributed by atoms with Crippen LogP contribution in [0.4, 0.5) is 0 Å². The van der Waals surface area contributed by atoms with Crippen LogP contribution in [-0.4, -0.2) is 32.0 Å². The lowest BCUT2D eigenvalue weighted by molar-refractivity contribution is 0.371. The number of rotatable bonds is 11. The lowest BCUT2D eigenvalue weighted by Crippen LogP contribution is -2.25. The van der Waals surface area contributed by atoms with Crippen LogP contribution in [0.2, 0.25) is 0 Å². The Morgan fingerprint density at radius 1 is 0.895 bits per heavy atom. The Kier molecular flexibility index (Phi) is 9.69. The molecule has 0 aromatic rings. The standard InChI is InChI=1S/C14H33O3PS/c1-5-8-11-19(12-9-6-2,13-10-7-3)14(4)18(15,16)17/h14H,5-13H2,1-4H3,(H2,15,16,17). The molecule has 0 rings (SSSR count). The molecular formula is C14H33O3PS. The zero-order valence-electron chi connectivity index (χ0n) is 13.1. The van der Waals surface area contributed by atoms with Gasteiger partial charge in [-0.3, -0.25) is 4.57 Å². The third kappa shape index (κ3) is 6.66. The zero-order chi connectivity index (χ0) is 14.9. The maximum atomic E-state index is 11.8. The van der Waals surface area contributed by atoms with Crippen molar-refractivity contribution in [2.24, 2.45) is 0 Å². The number of hydrogen-bond donors (Lipinski definition) is 2. The van der Waals surface area contributed by atoms with E-state index in [4.69, 9.17) is 0 Å². The molecule has 0 amide bonds. The summed E-state index contributed by atoms with van der Waals surface area (Å²) in [6, 6.07) is 0. The maximum Gasteiger partial charge on any atom is 0.336 e. The summed E-state index contributed by atoms with van der Waals surface area (Å²) in [5.41, 5.74) is 0. The Labute approximate surface area is 121 Å². The van der Waals surface area contributed by atoms with E-state index >= 15 is 0 Å². The largest absolute Gasteiger partial charge is 0.336 e. The summed E-state index contributed by atoms with van der Waals surface area (Å²) in [5, 5.41) is 0. The van der Waals surface area contributed by atoms with Crippen LogP contribution in [0, 0.1) is 0 Å². The van der Waals surface area contributed by atoms with E-state index in [0.717, 1.165) is 55.8 Å². The van der Waals surface area contributed by atoms with Gasteiger partial charge < -0.3 is 9.79 Å². The first kappa shape index (κ1) is 19.5. The van der Waals surface area contributed by atoms with Crippen molar-refractivity contribution in [2.75, 3.05) is 17.3 Å². The van der Waals surface area contributed by atoms with Gasteiger partial charge in [-0.15, -0.1) is 0 Å². The maximum absolute atomic E-state index is 11.8. The summed E-state index contributed by atoms with van der Waals surface area (Å²) in [6.45, 7) is 8.28. The Balaban J connectivity index is 5.13. The van der Waals surface area contributed by atoms with Crippen LogP contribution < -0.4 is 0 Å². The van der Waals surface area contributed by atoms with Crippen molar-refractivity contribution < 1.29 is 14.4 Å². The first-order valence-electron chi connectivity index (χ1n) is 7.64. The van der Waals surface area contributed by atoms with Gasteiger partial charge in [0.25, 0.3) is 0 Å². The van der Waals surface area contributed by atoms with E-state index in [2.05, 4.69) is 20.8 Å². The fourth-order valence-corrected chi connectivity index (χ4v) is 9.91. The van der Waals surface area contributed by atoms with E-state index < -0.39 is 22.6 Å². The van der Waals surface area contributed by atoms with Crippen molar-refractivity contribution >= 4 is 17.6 Å². The monoisotopic (exact) mass is 312 g/mol. The second kappa shape index (κ2) is 9.44. The van der Waals surface area contributed by atoms with E-state index in [1.54, 1.807) is 6.92 Å². The second-order valence-corrected chi connectivity index (χ2v) is 11.9. The fourth-order valence-electron chi connectivity index (χ4n) is 2.40. The van der Waals surface area contributed by atoms with Crippen molar-refractivity contribution in [3.63, 3.8) is 0 Å². The van der Waals surface area contributed by atoms with Crippen LogP contribution in [0.25, 0.3) is 0 Å². The smallest absolute Gasteiger partial charge is 0.324 e. The molecule has 118 valence electrons. The predicted octanol–water partition coefficient (Wildman–Crippen LogP) is 4.72. The minimum atomic E-state index is -3.96. The van der Waals surface area contributed by atoms with Crippen molar-refractivity contribution in [1.29, 1.82) is 0 Å². The molecule has 0 heterocycles. The van der Waals surface area contributed by atoms with Crippen LogP contribution in [0.3, 0.4) is 0 Å². The molecule has 0 aliphatic rings. The molecule has 19 heavy (non-hydrogen) atoms. The third-order valence-corrected chi connectivity index (χ3v) is 11.8. The fraction of sp³-hybridized carbons (Fsp3) is 1.00. The van der Waals surface area contributed by atoms with Crippen molar-refractivity contribution in [1.82, 2.24) is 0 Å². The molecule has 0 radical (unpaired) electrons. The molecule has 0 bridgehead atoms. The summed E-state index contributed by atoms with van der Waals surface area (Å²) >= 11 is 0. The zero-order valence-corrected chi connectivity index (χ0v) is 14.8. The number of unbranched alkanes of at least 4 members (excludes halogenated alkanes) is 3. The summed E-state index contributed by atoms with van der Waals surface area (Å²) < 4.78 is 11.8. The summed E-state index contributed by atoms with van der Waals surface area (Å²) in [5.74, 6) is 3.11. The summed E-state index contributed by atoms with van der Waals surface area (Å²) in [4.78, 5) is 18.9. The van der Waals surface area contributed by atoms with E-state index in [0.29, 0.717) is 0 Å². The first-order valence-corrected chi connectivity index (χ1v) is 11.5. The lowest BCUT2D eigenvalue weighted by atomic mass is 10.4. The van der Waals surface area contributed by atoms with Gasteiger partial charge >= 0.3 is 7.60 Å². The highest BCUT2D eigenvalue weighted by atomic mass is 32.3. The van der Waals surface area contributed by atoms with Crippen LogP contribution in [0.1, 0.15) is 66.2 Å². The van der Waals surface area contributed by atoms with Gasteiger partial charge in [-0.1, -0.05) is 40.0 Å². The van der Waals surface area contributed by atoms with E-state index in [-0.39, 0.29) is 0 Å². The van der Waals surface area contributed by atoms with E-state index in [1.807, 2.05) is 0 Å². The molecule has 2 N–H and O–H groups in total. The Hall–Kier alpha value is 0.500. The number of hydrogen-bond acceptors (Lipinski definition) is 1. The van der Waals surface area contributed by atoms with Crippen LogP contribution >= 0.6 is 17.6 Å². The SMILES string of the molecule is CCCCS(CCCC)(CCCC)C(C)P(=O)(O)O. The Morgan fingerprint density at radius 2 is 1.21 bits per heavy atom. The summed E-state index contributed by atoms with van der Waals surface area (Å²) in [6.07, 6.45) is 6.65. The molecule has 3 nitrogen and oxygen atoms in total. The molecule has 0 aromatic heterocycles. The Morgan fingerprint density at radius 3 is 1.42 bits per heavy atom. The Bertz CT molecular complexity index is 256. The molecule has 0 saturated heterocycles. The topological polar surface area (TPSA) is 57.5 Å². The summed E-state index contributed by atoms with van der Waals surface area (Å²) in [7, 11) is -5.14. The third-order valence-electron chi connectivity index (χ3n) is 3.91. The minimum absolute atomic E-state index is 0.426. The molecule has 0 aliphatic heterocycles. The molecular weight excluding hydrogens is 279 g/mol. The highest BCUT2D eigenvalue weighted by Gasteiger charge is 2.39. The molecule has 0 aliphatic carbocycles. The van der Waals surface area contributed by atoms with Crippen LogP contribution in [0.15, 0.2) is 0 Å². The minimum Gasteiger partial charge on any atom is -0.324 e. The van der Waals surface area contributed by atoms with Gasteiger partial charge in [0, 0.05) is 0 Å². The van der Waals surface area contributed by atoms with Gasteiger partial charge in [0.2, 0.25) is 0 Å². The van der Waals surface area contributed by atoms with Gasteiger partial charge in [0.05, 0.1) is 4.99 Å². The van der Waals surface area contributed by atoms with Gasteiger partial charge in [-0.05, 0) is 43.4 Å². The van der Waals surface area contributed by atoms with Gasteiger partial charge in [-0.25, -0.2) is 10.0 Å². The average molecular weight is 312 g/mol. The molecule has 0 aromatic carbocycles. The van der Waals surface area contributed by atoms with Crippen LogP contribution in [0.5, 0.6) is 0 Å². The van der Waals surface area contributed by atoms with Crippen LogP contribution in [-0.2, 0) is 4.57 Å². The quantitative estimate of drug-likeness (QED) is 0.543. The lowest BCUT2D eigenvalue weighted by Gasteiger charge is -2.46. The molecule has 0 spiro atoms. The van der Waals surface area contributed by atoms with Crippen molar-refractivity contribution in [3.05, 3.63) is 0 Å². The predicted molar refractivity (Wildman–Crippen MR) is 88.4 cm³/mol. The molecule has 1 atom stereocenters. The van der Waals surface area contributed by atoms with E-state index in [9.17, 15) is 14.4 Å². The molecule has 0 fully saturated rings. The molecule has 5 heteroatoms. The van der Waals surface area contributed by atoms with Crippen molar-refractivity contribution in [3.8, 4) is 0 Å². The normalized spacial score (nSPS) is 15.5. The highest BCUT2D eigenvalue weighted by molar-refractivity contribution is 8.36. The van der Waals surface area contributed by atoms with Gasteiger partial charge in [0.1, 0.15) is 0 Å². The van der Waals surface area contributed by atoms with Gasteiger partial charge in [0.15, 0.2) is 0 Å². The van der Waals surface area contributed by atoms with E-state index in [1.165, 1.54) is 0 Å². The highest BCUT2D eigenvalue weighted by Crippen LogP contribution is 2.66. The van der Waals surface area contributed by atoms with Crippen molar-refractivity contribution in [2.45, 2.75) is 71.2 Å². The second-order valence-electron chi connectivity index (χ2n) is 5.47. The first-order chi connectivity index (χ1) is 8.84. The average Bonchev–Trinajstić information content (AvgIpc) is 2.36. The molecule has 0 saturated carbocycles.